The third-order valence-corrected chi connectivity index (χ3v) is 5.72. The zero-order valence-electron chi connectivity index (χ0n) is 19.0. The summed E-state index contributed by atoms with van der Waals surface area (Å²) >= 11 is 0. The molecular weight excluding hydrogens is 412 g/mol. The summed E-state index contributed by atoms with van der Waals surface area (Å²) in [5.74, 6) is 2.66. The lowest BCUT2D eigenvalue weighted by Gasteiger charge is -2.13. The van der Waals surface area contributed by atoms with Crippen molar-refractivity contribution in [2.75, 3.05) is 19.0 Å². The maximum Gasteiger partial charge on any atom is 0.180 e. The zero-order chi connectivity index (χ0) is 22.8. The van der Waals surface area contributed by atoms with E-state index in [9.17, 15) is 0 Å². The molecule has 1 N–H and O–H groups in total. The first-order chi connectivity index (χ1) is 16.1. The summed E-state index contributed by atoms with van der Waals surface area (Å²) < 4.78 is 2.25. The molecule has 0 aliphatic carbocycles. The number of pyridine rings is 1. The molecule has 2 aromatic carbocycles. The van der Waals surface area contributed by atoms with Crippen LogP contribution in [0, 0.1) is 0 Å². The van der Waals surface area contributed by atoms with Gasteiger partial charge in [-0.3, -0.25) is 0 Å². The molecule has 33 heavy (non-hydrogen) atoms. The number of fused-ring (bicyclic) bond motifs is 1. The Bertz CT molecular complexity index is 1370. The number of benzene rings is 2. The number of aromatic nitrogens is 7. The van der Waals surface area contributed by atoms with Gasteiger partial charge in [-0.1, -0.05) is 55.5 Å². The number of hydrogen-bond acceptors (Lipinski definition) is 6. The fraction of sp³-hybridized carbons (Fsp3) is 0.240. The molecule has 0 amide bonds. The highest BCUT2D eigenvalue weighted by Crippen LogP contribution is 2.30. The van der Waals surface area contributed by atoms with Gasteiger partial charge in [-0.25, -0.2) is 15.1 Å². The molecule has 0 spiro atoms. The van der Waals surface area contributed by atoms with E-state index in [1.807, 2.05) is 43.3 Å². The van der Waals surface area contributed by atoms with Gasteiger partial charge in [0, 0.05) is 26.1 Å². The van der Waals surface area contributed by atoms with Crippen LogP contribution in [0.2, 0.25) is 0 Å². The summed E-state index contributed by atoms with van der Waals surface area (Å²) in [4.78, 5) is 11.8. The molecular formula is C25H26N8. The Morgan fingerprint density at radius 1 is 0.909 bits per heavy atom. The van der Waals surface area contributed by atoms with Crippen LogP contribution in [0.25, 0.3) is 33.7 Å². The van der Waals surface area contributed by atoms with Crippen molar-refractivity contribution in [1.29, 1.82) is 0 Å². The number of aromatic amines is 1. The van der Waals surface area contributed by atoms with Gasteiger partial charge in [-0.05, 0) is 45.7 Å². The molecule has 0 unspecified atom stereocenters. The molecule has 0 atom stereocenters. The van der Waals surface area contributed by atoms with Crippen LogP contribution in [-0.2, 0) is 13.0 Å². The fourth-order valence-corrected chi connectivity index (χ4v) is 4.06. The van der Waals surface area contributed by atoms with Crippen molar-refractivity contribution in [3.63, 3.8) is 0 Å². The number of tetrazole rings is 1. The molecule has 0 bridgehead atoms. The fourth-order valence-electron chi connectivity index (χ4n) is 4.06. The second kappa shape index (κ2) is 8.82. The number of imidazole rings is 1. The van der Waals surface area contributed by atoms with Crippen LogP contribution in [0.5, 0.6) is 0 Å². The minimum absolute atomic E-state index is 0.659. The Labute approximate surface area is 192 Å². The minimum atomic E-state index is 0.659. The van der Waals surface area contributed by atoms with E-state index in [1.165, 1.54) is 5.56 Å². The predicted octanol–water partition coefficient (Wildman–Crippen LogP) is 4.35. The smallest absolute Gasteiger partial charge is 0.180 e. The van der Waals surface area contributed by atoms with Crippen LogP contribution in [0.3, 0.4) is 0 Å². The average molecular weight is 439 g/mol. The molecule has 0 saturated carbocycles. The number of aryl methyl sites for hydroxylation is 1. The molecule has 0 fully saturated rings. The van der Waals surface area contributed by atoms with Gasteiger partial charge < -0.3 is 9.47 Å². The summed E-state index contributed by atoms with van der Waals surface area (Å²) in [5, 5.41) is 14.4. The molecule has 0 aliphatic heterocycles. The summed E-state index contributed by atoms with van der Waals surface area (Å²) in [6, 6.07) is 20.8. The Kier molecular flexibility index (Phi) is 5.56. The van der Waals surface area contributed by atoms with E-state index in [-0.39, 0.29) is 0 Å². The Hall–Kier alpha value is -4.07. The number of hydrogen-bond donors (Lipinski definition) is 1. The third-order valence-electron chi connectivity index (χ3n) is 5.72. The summed E-state index contributed by atoms with van der Waals surface area (Å²) in [5.41, 5.74) is 6.24. The molecule has 3 heterocycles. The number of H-pyrrole nitrogens is 1. The lowest BCUT2D eigenvalue weighted by Crippen LogP contribution is -2.11. The van der Waals surface area contributed by atoms with Crippen molar-refractivity contribution in [3.05, 3.63) is 72.1 Å². The van der Waals surface area contributed by atoms with E-state index in [0.717, 1.165) is 58.9 Å². The van der Waals surface area contributed by atoms with Crippen molar-refractivity contribution < 1.29 is 0 Å². The first kappa shape index (κ1) is 20.8. The quantitative estimate of drug-likeness (QED) is 0.407. The van der Waals surface area contributed by atoms with Gasteiger partial charge >= 0.3 is 0 Å². The van der Waals surface area contributed by atoms with Gasteiger partial charge in [-0.2, -0.15) is 0 Å². The molecule has 0 saturated heterocycles. The highest BCUT2D eigenvalue weighted by atomic mass is 15.5. The van der Waals surface area contributed by atoms with Crippen LogP contribution in [0.15, 0.2) is 60.7 Å². The van der Waals surface area contributed by atoms with Crippen LogP contribution >= 0.6 is 0 Å². The first-order valence-electron chi connectivity index (χ1n) is 11.1. The molecule has 8 nitrogen and oxygen atoms in total. The second-order valence-corrected chi connectivity index (χ2v) is 8.26. The van der Waals surface area contributed by atoms with Crippen LogP contribution in [0.4, 0.5) is 5.82 Å². The van der Waals surface area contributed by atoms with Crippen molar-refractivity contribution in [3.8, 4) is 22.5 Å². The SMILES string of the molecule is CCCc1nc2ccc(N(C)C)nc2n1Cc1ccc(-c2ccccc2-c2nnn[nH]2)cc1. The standard InChI is InChI=1S/C25H26N8/c1-4-7-23-26-21-14-15-22(32(2)3)27-25(21)33(23)16-17-10-12-18(13-11-17)19-8-5-6-9-20(19)24-28-30-31-29-24/h5-6,8-15H,4,7,16H2,1-3H3,(H,28,29,30,31). The minimum Gasteiger partial charge on any atom is -0.363 e. The topological polar surface area (TPSA) is 88.4 Å². The summed E-state index contributed by atoms with van der Waals surface area (Å²) in [7, 11) is 4.01. The molecule has 0 radical (unpaired) electrons. The summed E-state index contributed by atoms with van der Waals surface area (Å²) in [6.45, 7) is 2.91. The Balaban J connectivity index is 1.49. The van der Waals surface area contributed by atoms with Crippen molar-refractivity contribution in [1.82, 2.24) is 35.2 Å². The molecule has 5 aromatic rings. The lowest BCUT2D eigenvalue weighted by atomic mass is 9.98. The first-order valence-corrected chi connectivity index (χ1v) is 11.1. The summed E-state index contributed by atoms with van der Waals surface area (Å²) in [6.07, 6.45) is 1.96. The van der Waals surface area contributed by atoms with E-state index < -0.39 is 0 Å². The third kappa shape index (κ3) is 4.07. The zero-order valence-corrected chi connectivity index (χ0v) is 19.0. The Morgan fingerprint density at radius 2 is 1.70 bits per heavy atom. The highest BCUT2D eigenvalue weighted by molar-refractivity contribution is 5.80. The van der Waals surface area contributed by atoms with Crippen LogP contribution in [-0.4, -0.2) is 49.3 Å². The van der Waals surface area contributed by atoms with Gasteiger partial charge in [0.25, 0.3) is 0 Å². The average Bonchev–Trinajstić information content (AvgIpc) is 3.48. The predicted molar refractivity (Wildman–Crippen MR) is 130 cm³/mol. The van der Waals surface area contributed by atoms with E-state index in [1.54, 1.807) is 0 Å². The maximum atomic E-state index is 4.88. The maximum absolute atomic E-state index is 4.88. The second-order valence-electron chi connectivity index (χ2n) is 8.26. The number of anilines is 1. The normalized spacial score (nSPS) is 11.2. The van der Waals surface area contributed by atoms with Crippen LogP contribution < -0.4 is 4.90 Å². The van der Waals surface area contributed by atoms with Crippen LogP contribution in [0.1, 0.15) is 24.7 Å². The molecule has 8 heteroatoms. The van der Waals surface area contributed by atoms with E-state index in [4.69, 9.17) is 9.97 Å². The molecule has 0 aliphatic rings. The lowest BCUT2D eigenvalue weighted by molar-refractivity contribution is 0.716. The van der Waals surface area contributed by atoms with E-state index in [2.05, 4.69) is 68.5 Å². The van der Waals surface area contributed by atoms with Crippen molar-refractivity contribution >= 4 is 17.0 Å². The molecule has 166 valence electrons. The monoisotopic (exact) mass is 438 g/mol. The largest absolute Gasteiger partial charge is 0.363 e. The highest BCUT2D eigenvalue weighted by Gasteiger charge is 2.14. The Morgan fingerprint density at radius 3 is 2.39 bits per heavy atom. The molecule has 5 rings (SSSR count). The number of nitrogens with one attached hydrogen (secondary N) is 1. The van der Waals surface area contributed by atoms with Gasteiger partial charge in [0.05, 0.1) is 6.54 Å². The van der Waals surface area contributed by atoms with E-state index >= 15 is 0 Å². The number of rotatable bonds is 7. The van der Waals surface area contributed by atoms with Gasteiger partial charge in [0.15, 0.2) is 11.5 Å². The number of nitrogens with zero attached hydrogens (tertiary/aromatic N) is 7. The van der Waals surface area contributed by atoms with Crippen molar-refractivity contribution in [2.24, 2.45) is 0 Å². The van der Waals surface area contributed by atoms with Gasteiger partial charge in [0.2, 0.25) is 0 Å². The van der Waals surface area contributed by atoms with Gasteiger partial charge in [-0.15, -0.1) is 5.10 Å². The van der Waals surface area contributed by atoms with E-state index in [0.29, 0.717) is 5.82 Å². The van der Waals surface area contributed by atoms with Crippen molar-refractivity contribution in [2.45, 2.75) is 26.3 Å². The molecule has 3 aromatic heterocycles. The van der Waals surface area contributed by atoms with Gasteiger partial charge in [0.1, 0.15) is 17.2 Å².